The fourth-order valence-corrected chi connectivity index (χ4v) is 1.55. The molecule has 4 nitrogen and oxygen atoms in total. The van der Waals surface area contributed by atoms with E-state index in [1.165, 1.54) is 0 Å². The Morgan fingerprint density at radius 2 is 2.07 bits per heavy atom. The molecule has 2 rings (SSSR count). The van der Waals surface area contributed by atoms with Gasteiger partial charge in [-0.05, 0) is 6.07 Å². The Balaban J connectivity index is 2.80. The molecule has 0 saturated carbocycles. The van der Waals surface area contributed by atoms with Crippen molar-refractivity contribution in [2.45, 2.75) is 0 Å². The number of hydrogen-bond donors (Lipinski definition) is 2. The molecule has 74 valence electrons. The lowest BCUT2D eigenvalue weighted by atomic mass is 10.2. The van der Waals surface area contributed by atoms with E-state index in [4.69, 9.17) is 15.2 Å². The van der Waals surface area contributed by atoms with Crippen LogP contribution >= 0.6 is 0 Å². The van der Waals surface area contributed by atoms with Crippen molar-refractivity contribution in [3.8, 4) is 11.5 Å². The number of fused-ring (bicyclic) bond motifs is 1. The molecular formula is C10H12N2O2. The second-order valence-corrected chi connectivity index (χ2v) is 2.96. The first-order valence-corrected chi connectivity index (χ1v) is 4.25. The summed E-state index contributed by atoms with van der Waals surface area (Å²) in [6.07, 6.45) is 1.84. The number of aromatic nitrogens is 1. The molecule has 3 N–H and O–H groups in total. The van der Waals surface area contributed by atoms with Gasteiger partial charge in [-0.15, -0.1) is 0 Å². The van der Waals surface area contributed by atoms with E-state index >= 15 is 0 Å². The highest BCUT2D eigenvalue weighted by Gasteiger charge is 2.12. The standard InChI is InChI=1S/C10H12N2O2/c1-13-8-5-7-6(3-4-12-7)10(14-2)9(8)11/h3-5,12H,11H2,1-2H3. The van der Waals surface area contributed by atoms with Gasteiger partial charge >= 0.3 is 0 Å². The summed E-state index contributed by atoms with van der Waals surface area (Å²) >= 11 is 0. The monoisotopic (exact) mass is 192 g/mol. The number of aromatic amines is 1. The Kier molecular flexibility index (Phi) is 1.96. The number of ether oxygens (including phenoxy) is 2. The molecule has 0 atom stereocenters. The van der Waals surface area contributed by atoms with E-state index in [9.17, 15) is 0 Å². The molecule has 0 radical (unpaired) electrons. The average Bonchev–Trinajstić information content (AvgIpc) is 2.64. The van der Waals surface area contributed by atoms with Crippen molar-refractivity contribution in [2.24, 2.45) is 0 Å². The summed E-state index contributed by atoms with van der Waals surface area (Å²) in [6, 6.07) is 3.77. The van der Waals surface area contributed by atoms with E-state index in [-0.39, 0.29) is 0 Å². The largest absolute Gasteiger partial charge is 0.494 e. The SMILES string of the molecule is COc1cc2[nH]ccc2c(OC)c1N. The van der Waals surface area contributed by atoms with Crippen molar-refractivity contribution < 1.29 is 9.47 Å². The lowest BCUT2D eigenvalue weighted by Gasteiger charge is -2.10. The summed E-state index contributed by atoms with van der Waals surface area (Å²) < 4.78 is 10.4. The van der Waals surface area contributed by atoms with Gasteiger partial charge in [-0.1, -0.05) is 0 Å². The molecule has 4 heteroatoms. The van der Waals surface area contributed by atoms with Crippen LogP contribution in [0.2, 0.25) is 0 Å². The molecule has 0 bridgehead atoms. The van der Waals surface area contributed by atoms with Gasteiger partial charge < -0.3 is 20.2 Å². The normalized spacial score (nSPS) is 10.4. The van der Waals surface area contributed by atoms with E-state index in [1.807, 2.05) is 18.3 Å². The molecule has 0 amide bonds. The first-order valence-electron chi connectivity index (χ1n) is 4.25. The molecule has 0 fully saturated rings. The molecule has 1 heterocycles. The van der Waals surface area contributed by atoms with E-state index in [0.717, 1.165) is 10.9 Å². The second kappa shape index (κ2) is 3.14. The third kappa shape index (κ3) is 1.08. The first kappa shape index (κ1) is 8.74. The molecule has 14 heavy (non-hydrogen) atoms. The molecule has 0 aliphatic rings. The number of rotatable bonds is 2. The Morgan fingerprint density at radius 1 is 1.29 bits per heavy atom. The highest BCUT2D eigenvalue weighted by Crippen LogP contribution is 2.38. The van der Waals surface area contributed by atoms with Crippen molar-refractivity contribution in [3.05, 3.63) is 18.3 Å². The van der Waals surface area contributed by atoms with Crippen LogP contribution in [0.5, 0.6) is 11.5 Å². The summed E-state index contributed by atoms with van der Waals surface area (Å²) in [5, 5.41) is 0.964. The molecule has 0 unspecified atom stereocenters. The van der Waals surface area contributed by atoms with Gasteiger partial charge in [0.25, 0.3) is 0 Å². The van der Waals surface area contributed by atoms with E-state index in [2.05, 4.69) is 4.98 Å². The fourth-order valence-electron chi connectivity index (χ4n) is 1.55. The minimum Gasteiger partial charge on any atom is -0.494 e. The van der Waals surface area contributed by atoms with Crippen molar-refractivity contribution in [3.63, 3.8) is 0 Å². The predicted molar refractivity (Wildman–Crippen MR) is 55.8 cm³/mol. The number of anilines is 1. The van der Waals surface area contributed by atoms with Gasteiger partial charge in [0.05, 0.1) is 19.7 Å². The summed E-state index contributed by atoms with van der Waals surface area (Å²) in [4.78, 5) is 3.08. The number of H-pyrrole nitrogens is 1. The Morgan fingerprint density at radius 3 is 2.71 bits per heavy atom. The number of benzene rings is 1. The molecule has 2 aromatic rings. The van der Waals surface area contributed by atoms with Crippen molar-refractivity contribution in [2.75, 3.05) is 20.0 Å². The van der Waals surface area contributed by atoms with Crippen LogP contribution in [0, 0.1) is 0 Å². The minimum absolute atomic E-state index is 0.530. The molecule has 0 saturated heterocycles. The van der Waals surface area contributed by atoms with Gasteiger partial charge in [-0.25, -0.2) is 0 Å². The zero-order valence-corrected chi connectivity index (χ0v) is 8.13. The van der Waals surface area contributed by atoms with Crippen LogP contribution < -0.4 is 15.2 Å². The second-order valence-electron chi connectivity index (χ2n) is 2.96. The Bertz CT molecular complexity index is 462. The number of nitrogens with one attached hydrogen (secondary N) is 1. The first-order chi connectivity index (χ1) is 6.77. The molecule has 0 aliphatic carbocycles. The van der Waals surface area contributed by atoms with E-state index in [0.29, 0.717) is 17.2 Å². The topological polar surface area (TPSA) is 60.3 Å². The van der Waals surface area contributed by atoms with Gasteiger partial charge in [0.2, 0.25) is 0 Å². The highest BCUT2D eigenvalue weighted by atomic mass is 16.5. The number of hydrogen-bond acceptors (Lipinski definition) is 3. The maximum absolute atomic E-state index is 5.87. The van der Waals surface area contributed by atoms with Crippen LogP contribution in [0.3, 0.4) is 0 Å². The van der Waals surface area contributed by atoms with Gasteiger partial charge in [-0.3, -0.25) is 0 Å². The van der Waals surface area contributed by atoms with Crippen LogP contribution in [-0.4, -0.2) is 19.2 Å². The van der Waals surface area contributed by atoms with Gasteiger partial charge in [0.15, 0.2) is 5.75 Å². The van der Waals surface area contributed by atoms with Crippen molar-refractivity contribution >= 4 is 16.6 Å². The lowest BCUT2D eigenvalue weighted by molar-refractivity contribution is 0.402. The third-order valence-corrected chi connectivity index (χ3v) is 2.23. The van der Waals surface area contributed by atoms with Gasteiger partial charge in [-0.2, -0.15) is 0 Å². The molecule has 0 spiro atoms. The predicted octanol–water partition coefficient (Wildman–Crippen LogP) is 1.77. The number of methoxy groups -OCH3 is 2. The van der Waals surface area contributed by atoms with Gasteiger partial charge in [0, 0.05) is 17.6 Å². The van der Waals surface area contributed by atoms with Crippen LogP contribution in [-0.2, 0) is 0 Å². The van der Waals surface area contributed by atoms with Crippen molar-refractivity contribution in [1.82, 2.24) is 4.98 Å². The summed E-state index contributed by atoms with van der Waals surface area (Å²) in [5.41, 5.74) is 7.35. The quantitative estimate of drug-likeness (QED) is 0.713. The van der Waals surface area contributed by atoms with Crippen molar-refractivity contribution in [1.29, 1.82) is 0 Å². The fraction of sp³-hybridized carbons (Fsp3) is 0.200. The smallest absolute Gasteiger partial charge is 0.154 e. The average molecular weight is 192 g/mol. The van der Waals surface area contributed by atoms with E-state index in [1.54, 1.807) is 14.2 Å². The van der Waals surface area contributed by atoms with Crippen LogP contribution in [0.4, 0.5) is 5.69 Å². The Labute approximate surface area is 81.6 Å². The lowest BCUT2D eigenvalue weighted by Crippen LogP contribution is -1.96. The van der Waals surface area contributed by atoms with Gasteiger partial charge in [0.1, 0.15) is 11.4 Å². The molecule has 1 aromatic carbocycles. The summed E-state index contributed by atoms with van der Waals surface area (Å²) in [7, 11) is 3.18. The van der Waals surface area contributed by atoms with Crippen LogP contribution in [0.15, 0.2) is 18.3 Å². The Hall–Kier alpha value is -1.84. The molecular weight excluding hydrogens is 180 g/mol. The van der Waals surface area contributed by atoms with Crippen LogP contribution in [0.25, 0.3) is 10.9 Å². The molecule has 1 aromatic heterocycles. The highest BCUT2D eigenvalue weighted by molar-refractivity contribution is 5.93. The summed E-state index contributed by atoms with van der Waals surface area (Å²) in [5.74, 6) is 1.28. The van der Waals surface area contributed by atoms with E-state index < -0.39 is 0 Å². The number of nitrogen functional groups attached to an aromatic ring is 1. The zero-order chi connectivity index (χ0) is 10.1. The number of nitrogens with two attached hydrogens (primary N) is 1. The maximum atomic E-state index is 5.87. The zero-order valence-electron chi connectivity index (χ0n) is 8.13. The molecule has 0 aliphatic heterocycles. The summed E-state index contributed by atoms with van der Waals surface area (Å²) in [6.45, 7) is 0. The minimum atomic E-state index is 0.530. The third-order valence-electron chi connectivity index (χ3n) is 2.23. The van der Waals surface area contributed by atoms with Crippen LogP contribution in [0.1, 0.15) is 0 Å². The maximum Gasteiger partial charge on any atom is 0.154 e.